The van der Waals surface area contributed by atoms with Crippen molar-refractivity contribution in [1.29, 1.82) is 0 Å². The van der Waals surface area contributed by atoms with E-state index in [-0.39, 0.29) is 18.5 Å². The lowest BCUT2D eigenvalue weighted by molar-refractivity contribution is -0.154. The minimum atomic E-state index is -0.574. The van der Waals surface area contributed by atoms with Crippen LogP contribution >= 0.6 is 0 Å². The normalized spacial score (nSPS) is 24.5. The fourth-order valence-corrected chi connectivity index (χ4v) is 2.80. The van der Waals surface area contributed by atoms with Crippen molar-refractivity contribution in [2.45, 2.75) is 12.1 Å². The fraction of sp³-hybridized carbons (Fsp3) is 0.312. The molecule has 6 heteroatoms. The summed E-state index contributed by atoms with van der Waals surface area (Å²) < 4.78 is 4.90. The Labute approximate surface area is 127 Å². The van der Waals surface area contributed by atoms with E-state index in [0.717, 1.165) is 5.56 Å². The first-order valence-corrected chi connectivity index (χ1v) is 7.13. The number of nitrogens with zero attached hydrogens (tertiary/aromatic N) is 2. The Hall–Kier alpha value is -2.63. The molecule has 6 nitrogen and oxygen atoms in total. The van der Waals surface area contributed by atoms with Crippen molar-refractivity contribution in [3.8, 4) is 0 Å². The Morgan fingerprint density at radius 3 is 2.64 bits per heavy atom. The second-order valence-corrected chi connectivity index (χ2v) is 5.17. The summed E-state index contributed by atoms with van der Waals surface area (Å²) in [5.74, 6) is -0.214. The van der Waals surface area contributed by atoms with E-state index >= 15 is 0 Å². The Bertz CT molecular complexity index is 614. The topological polar surface area (TPSA) is 66.9 Å². The highest BCUT2D eigenvalue weighted by Gasteiger charge is 2.51. The van der Waals surface area contributed by atoms with E-state index in [1.54, 1.807) is 0 Å². The van der Waals surface area contributed by atoms with Gasteiger partial charge in [0.2, 0.25) is 5.91 Å². The van der Waals surface area contributed by atoms with Gasteiger partial charge in [-0.3, -0.25) is 9.69 Å². The average molecular weight is 300 g/mol. The molecule has 2 saturated heterocycles. The average Bonchev–Trinajstić information content (AvgIpc) is 2.95. The lowest BCUT2D eigenvalue weighted by Crippen LogP contribution is -2.70. The zero-order valence-corrected chi connectivity index (χ0v) is 11.9. The first-order valence-electron chi connectivity index (χ1n) is 7.13. The van der Waals surface area contributed by atoms with Crippen LogP contribution in [0.25, 0.3) is 6.08 Å². The fourth-order valence-electron chi connectivity index (χ4n) is 2.80. The molecular weight excluding hydrogens is 284 g/mol. The van der Waals surface area contributed by atoms with Crippen LogP contribution in [0.4, 0.5) is 4.79 Å². The van der Waals surface area contributed by atoms with Crippen molar-refractivity contribution in [3.63, 3.8) is 0 Å². The van der Waals surface area contributed by atoms with Crippen LogP contribution in [0.2, 0.25) is 0 Å². The summed E-state index contributed by atoms with van der Waals surface area (Å²) in [7, 11) is 0. The lowest BCUT2D eigenvalue weighted by atomic mass is 9.92. The number of β-lactam (4-membered cyclic amide) rings is 1. The van der Waals surface area contributed by atoms with Gasteiger partial charge in [0.15, 0.2) is 0 Å². The maximum Gasteiger partial charge on any atom is 0.410 e. The highest BCUT2D eigenvalue weighted by molar-refractivity contribution is 5.94. The molecule has 2 heterocycles. The maximum atomic E-state index is 12.2. The van der Waals surface area contributed by atoms with E-state index in [0.29, 0.717) is 19.4 Å². The van der Waals surface area contributed by atoms with Crippen LogP contribution in [0.5, 0.6) is 0 Å². The van der Waals surface area contributed by atoms with Crippen LogP contribution in [0, 0.1) is 0 Å². The van der Waals surface area contributed by atoms with Crippen LogP contribution in [-0.2, 0) is 14.3 Å². The number of rotatable bonds is 5. The van der Waals surface area contributed by atoms with Gasteiger partial charge in [-0.2, -0.15) is 0 Å². The third-order valence-corrected chi connectivity index (χ3v) is 3.90. The lowest BCUT2D eigenvalue weighted by Gasteiger charge is -2.47. The number of hydrogen-bond acceptors (Lipinski definition) is 4. The van der Waals surface area contributed by atoms with Gasteiger partial charge in [0.05, 0.1) is 19.1 Å². The number of carbonyl (C=O) groups is 3. The maximum absolute atomic E-state index is 12.2. The summed E-state index contributed by atoms with van der Waals surface area (Å²) in [6.07, 6.45) is 3.97. The molecule has 2 amide bonds. The van der Waals surface area contributed by atoms with Crippen LogP contribution in [-0.4, -0.2) is 59.9 Å². The number of likely N-dealkylation sites (tertiary alicyclic amines) is 1. The molecule has 0 aromatic heterocycles. The van der Waals surface area contributed by atoms with Gasteiger partial charge in [-0.05, 0) is 5.56 Å². The number of aldehydes is 1. The van der Waals surface area contributed by atoms with Gasteiger partial charge in [-0.15, -0.1) is 0 Å². The van der Waals surface area contributed by atoms with Gasteiger partial charge in [-0.1, -0.05) is 42.5 Å². The van der Waals surface area contributed by atoms with Crippen molar-refractivity contribution < 1.29 is 19.1 Å². The molecule has 2 atom stereocenters. The van der Waals surface area contributed by atoms with Crippen molar-refractivity contribution in [2.24, 2.45) is 0 Å². The quantitative estimate of drug-likeness (QED) is 0.599. The second kappa shape index (κ2) is 6.01. The van der Waals surface area contributed by atoms with Crippen LogP contribution < -0.4 is 0 Å². The smallest absolute Gasteiger partial charge is 0.410 e. The summed E-state index contributed by atoms with van der Waals surface area (Å²) in [6, 6.07) is 8.78. The van der Waals surface area contributed by atoms with E-state index in [1.165, 1.54) is 9.80 Å². The first-order chi connectivity index (χ1) is 10.7. The molecule has 0 radical (unpaired) electrons. The molecule has 2 aliphatic heterocycles. The van der Waals surface area contributed by atoms with E-state index < -0.39 is 12.1 Å². The number of carbonyl (C=O) groups excluding carboxylic acids is 3. The Morgan fingerprint density at radius 1 is 1.23 bits per heavy atom. The van der Waals surface area contributed by atoms with E-state index in [2.05, 4.69) is 0 Å². The molecule has 2 fully saturated rings. The summed E-state index contributed by atoms with van der Waals surface area (Å²) in [6.45, 7) is 0.729. The largest absolute Gasteiger partial charge is 0.448 e. The Balaban J connectivity index is 1.80. The van der Waals surface area contributed by atoms with Gasteiger partial charge in [-0.25, -0.2) is 4.79 Å². The number of cyclic esters (lactones) is 1. The first kappa shape index (κ1) is 14.3. The molecule has 0 unspecified atom stereocenters. The van der Waals surface area contributed by atoms with Crippen LogP contribution in [0.3, 0.4) is 0 Å². The molecule has 0 bridgehead atoms. The Morgan fingerprint density at radius 2 is 2.00 bits per heavy atom. The summed E-state index contributed by atoms with van der Waals surface area (Å²) in [5, 5.41) is 0. The third kappa shape index (κ3) is 2.47. The number of ether oxygens (including phenoxy) is 1. The van der Waals surface area contributed by atoms with Gasteiger partial charge in [0.1, 0.15) is 18.9 Å². The molecule has 114 valence electrons. The minimum Gasteiger partial charge on any atom is -0.448 e. The van der Waals surface area contributed by atoms with E-state index in [1.807, 2.05) is 42.5 Å². The number of hydrogen-bond donors (Lipinski definition) is 0. The van der Waals surface area contributed by atoms with Crippen LogP contribution in [0.1, 0.15) is 5.56 Å². The highest BCUT2D eigenvalue weighted by Crippen LogP contribution is 2.28. The highest BCUT2D eigenvalue weighted by atomic mass is 16.6. The third-order valence-electron chi connectivity index (χ3n) is 3.90. The number of amides is 2. The molecular formula is C16H16N2O4. The molecule has 22 heavy (non-hydrogen) atoms. The van der Waals surface area contributed by atoms with Crippen LogP contribution in [0.15, 0.2) is 36.4 Å². The molecule has 1 aromatic carbocycles. The van der Waals surface area contributed by atoms with E-state index in [9.17, 15) is 14.4 Å². The molecule has 0 saturated carbocycles. The van der Waals surface area contributed by atoms with Gasteiger partial charge in [0.25, 0.3) is 0 Å². The zero-order chi connectivity index (χ0) is 15.5. The predicted molar refractivity (Wildman–Crippen MR) is 78.9 cm³/mol. The summed E-state index contributed by atoms with van der Waals surface area (Å²) in [4.78, 5) is 37.5. The van der Waals surface area contributed by atoms with E-state index in [4.69, 9.17) is 4.74 Å². The molecule has 1 aromatic rings. The second-order valence-electron chi connectivity index (χ2n) is 5.17. The minimum absolute atomic E-state index is 0.0298. The standard InChI is InChI=1S/C16H16N2O4/c19-10-8-17-13(7-6-12-4-2-1-3-5-12)14(15(17)20)18-9-11-22-16(18)21/h1-7,10,13-14H,8-9,11H2/b7-6+/t13-,14+/m1/s1. The molecule has 2 aliphatic rings. The monoisotopic (exact) mass is 300 g/mol. The molecule has 3 rings (SSSR count). The SMILES string of the molecule is O=CCN1C(=O)[C@@H](N2CCOC2=O)[C@H]1/C=C/c1ccccc1. The number of benzene rings is 1. The summed E-state index contributed by atoms with van der Waals surface area (Å²) >= 11 is 0. The van der Waals surface area contributed by atoms with Gasteiger partial charge < -0.3 is 14.4 Å². The van der Waals surface area contributed by atoms with Crippen molar-refractivity contribution in [2.75, 3.05) is 19.7 Å². The van der Waals surface area contributed by atoms with Gasteiger partial charge in [0, 0.05) is 0 Å². The predicted octanol–water partition coefficient (Wildman–Crippen LogP) is 0.930. The molecule has 0 aliphatic carbocycles. The summed E-state index contributed by atoms with van der Waals surface area (Å²) in [5.41, 5.74) is 0.996. The van der Waals surface area contributed by atoms with Crippen molar-refractivity contribution >= 4 is 24.4 Å². The van der Waals surface area contributed by atoms with Gasteiger partial charge >= 0.3 is 6.09 Å². The van der Waals surface area contributed by atoms with Crippen molar-refractivity contribution in [3.05, 3.63) is 42.0 Å². The Kier molecular flexibility index (Phi) is 3.91. The molecule has 0 N–H and O–H groups in total. The van der Waals surface area contributed by atoms with Crippen molar-refractivity contribution in [1.82, 2.24) is 9.80 Å². The zero-order valence-electron chi connectivity index (χ0n) is 11.9. The molecule has 0 spiro atoms.